The average Bonchev–Trinajstić information content (AvgIpc) is 3.28. The van der Waals surface area contributed by atoms with E-state index in [2.05, 4.69) is 24.7 Å². The van der Waals surface area contributed by atoms with Crippen LogP contribution in [0.5, 0.6) is 11.5 Å². The standard InChI is InChI=1S/C27H33N3O4S.C16H20N2O2S.C11H13NO3.CH4/c1-18-25-23(17-33-27(5,6)34-25)20(15-28-18)16-29-21-13-11-19(12-14-21)22-9-7-8-10-24(22)35(31,32)30-26(2,3)4;1-16(2,3)18-21(19,20)15-7-5-4-6-14(15)12-8-10-13(17)11-9-12;1-7-10-9(8(5-13)4-12-7)6-14-11(2,3)15-10;/h7-15,29-30H,16-17H2,1-6H3;4-11,18H,17H2,1-3H3;4-5H,6H2,1-3H3;1H4. The molecule has 8 rings (SSSR count). The molecule has 4 heterocycles. The van der Waals surface area contributed by atoms with Gasteiger partial charge in [0.15, 0.2) is 12.0 Å². The number of aryl methyl sites for hydroxylation is 2. The lowest BCUT2D eigenvalue weighted by atomic mass is 10.0. The Bertz CT molecular complexity index is 3090. The molecule has 0 unspecified atom stereocenters. The molecule has 17 heteroatoms. The number of ether oxygens (including phenoxy) is 4. The summed E-state index contributed by atoms with van der Waals surface area (Å²) in [6.07, 6.45) is 4.17. The zero-order valence-electron chi connectivity index (χ0n) is 42.6. The SMILES string of the molecule is C.CC(C)(C)NS(=O)(=O)c1ccccc1-c1ccc(N)cc1.Cc1ncc(C=O)c2c1OC(C)(C)OC2.Cc1ncc(CNc2ccc(-c3ccccc3S(=O)(=O)NC(C)(C)C)cc2)c2c1OC(C)(C)OC2. The Labute approximate surface area is 426 Å². The van der Waals surface area contributed by atoms with Gasteiger partial charge in [-0.15, -0.1) is 0 Å². The number of benzene rings is 4. The molecule has 2 aromatic heterocycles. The van der Waals surface area contributed by atoms with Gasteiger partial charge in [-0.05, 0) is 108 Å². The Kier molecular flexibility index (Phi) is 17.5. The van der Waals surface area contributed by atoms with Gasteiger partial charge in [0.25, 0.3) is 0 Å². The topological polar surface area (TPSA) is 210 Å². The third kappa shape index (κ3) is 14.7. The highest BCUT2D eigenvalue weighted by molar-refractivity contribution is 7.90. The average molecular weight is 1020 g/mol. The number of hydrogen-bond donors (Lipinski definition) is 4. The Morgan fingerprint density at radius 1 is 0.625 bits per heavy atom. The molecule has 0 amide bonds. The van der Waals surface area contributed by atoms with Gasteiger partial charge in [-0.2, -0.15) is 0 Å². The number of nitrogens with one attached hydrogen (secondary N) is 3. The van der Waals surface area contributed by atoms with Crippen molar-refractivity contribution in [3.8, 4) is 33.8 Å². The lowest BCUT2D eigenvalue weighted by Crippen LogP contribution is -2.40. The van der Waals surface area contributed by atoms with E-state index in [9.17, 15) is 21.6 Å². The van der Waals surface area contributed by atoms with Gasteiger partial charge in [-0.25, -0.2) is 26.3 Å². The Morgan fingerprint density at radius 2 is 1.04 bits per heavy atom. The summed E-state index contributed by atoms with van der Waals surface area (Å²) in [5.74, 6) is 0.141. The molecule has 0 saturated heterocycles. The summed E-state index contributed by atoms with van der Waals surface area (Å²) in [6, 6.07) is 28.9. The van der Waals surface area contributed by atoms with Crippen molar-refractivity contribution in [3.05, 3.63) is 143 Å². The monoisotopic (exact) mass is 1020 g/mol. The molecular formula is C55H70N6O9S2. The Morgan fingerprint density at radius 3 is 1.50 bits per heavy atom. The molecule has 0 bridgehead atoms. The number of pyridine rings is 2. The van der Waals surface area contributed by atoms with Gasteiger partial charge in [0, 0.05) is 96.9 Å². The van der Waals surface area contributed by atoms with E-state index in [1.807, 2.05) is 144 Å². The second-order valence-electron chi connectivity index (χ2n) is 20.2. The van der Waals surface area contributed by atoms with Crippen molar-refractivity contribution >= 4 is 37.7 Å². The third-order valence-electron chi connectivity index (χ3n) is 10.8. The molecule has 0 radical (unpaired) electrons. The second kappa shape index (κ2) is 22.3. The van der Waals surface area contributed by atoms with Crippen LogP contribution in [0.25, 0.3) is 22.3 Å². The van der Waals surface area contributed by atoms with Crippen molar-refractivity contribution in [1.29, 1.82) is 0 Å². The number of hydrogen-bond acceptors (Lipinski definition) is 13. The maximum Gasteiger partial charge on any atom is 0.241 e. The number of carbonyl (C=O) groups excluding carboxylic acids is 1. The number of aldehydes is 1. The number of aromatic nitrogens is 2. The minimum Gasteiger partial charge on any atom is -0.461 e. The molecule has 0 fully saturated rings. The first kappa shape index (κ1) is 56.7. The van der Waals surface area contributed by atoms with Gasteiger partial charge in [-0.1, -0.05) is 68.1 Å². The fourth-order valence-corrected chi connectivity index (χ4v) is 10.9. The van der Waals surface area contributed by atoms with Gasteiger partial charge in [-0.3, -0.25) is 14.8 Å². The summed E-state index contributed by atoms with van der Waals surface area (Å²) in [6.45, 7) is 23.6. The maximum absolute atomic E-state index is 13.0. The zero-order chi connectivity index (χ0) is 52.2. The van der Waals surface area contributed by atoms with Crippen LogP contribution < -0.4 is 30.0 Å². The summed E-state index contributed by atoms with van der Waals surface area (Å²) in [5.41, 5.74) is 14.1. The van der Waals surface area contributed by atoms with Crippen LogP contribution in [0.2, 0.25) is 0 Å². The number of sulfonamides is 2. The highest BCUT2D eigenvalue weighted by atomic mass is 32.2. The van der Waals surface area contributed by atoms with Crippen molar-refractivity contribution in [2.24, 2.45) is 0 Å². The summed E-state index contributed by atoms with van der Waals surface area (Å²) in [5, 5.41) is 3.42. The minimum absolute atomic E-state index is 0. The summed E-state index contributed by atoms with van der Waals surface area (Å²) in [4.78, 5) is 19.9. The third-order valence-corrected chi connectivity index (χ3v) is 14.5. The lowest BCUT2D eigenvalue weighted by Gasteiger charge is -2.34. The molecule has 386 valence electrons. The van der Waals surface area contributed by atoms with Crippen LogP contribution in [0.15, 0.2) is 119 Å². The number of nitrogens with two attached hydrogens (primary N) is 1. The number of nitrogens with zero attached hydrogens (tertiary/aromatic N) is 2. The molecule has 2 aliphatic heterocycles. The van der Waals surface area contributed by atoms with Gasteiger partial charge in [0.2, 0.25) is 31.6 Å². The van der Waals surface area contributed by atoms with E-state index in [-0.39, 0.29) is 17.2 Å². The molecule has 0 aliphatic carbocycles. The van der Waals surface area contributed by atoms with Crippen LogP contribution in [0.4, 0.5) is 11.4 Å². The van der Waals surface area contributed by atoms with Gasteiger partial charge >= 0.3 is 0 Å². The van der Waals surface area contributed by atoms with Gasteiger partial charge < -0.3 is 30.0 Å². The Balaban J connectivity index is 0.000000220. The summed E-state index contributed by atoms with van der Waals surface area (Å²) >= 11 is 0. The molecule has 4 aromatic carbocycles. The van der Waals surface area contributed by atoms with Crippen molar-refractivity contribution in [1.82, 2.24) is 19.4 Å². The highest BCUT2D eigenvalue weighted by Crippen LogP contribution is 2.37. The number of anilines is 2. The molecule has 72 heavy (non-hydrogen) atoms. The first-order chi connectivity index (χ1) is 33.1. The lowest BCUT2D eigenvalue weighted by molar-refractivity contribution is -0.181. The number of rotatable bonds is 10. The molecule has 0 saturated carbocycles. The van der Waals surface area contributed by atoms with Crippen LogP contribution in [-0.4, -0.2) is 55.7 Å². The number of carbonyl (C=O) groups is 1. The van der Waals surface area contributed by atoms with Gasteiger partial charge in [0.05, 0.1) is 34.4 Å². The first-order valence-corrected chi connectivity index (χ1v) is 26.1. The van der Waals surface area contributed by atoms with Crippen LogP contribution in [0.3, 0.4) is 0 Å². The van der Waals surface area contributed by atoms with E-state index in [4.69, 9.17) is 24.7 Å². The molecule has 5 N–H and O–H groups in total. The number of fused-ring (bicyclic) bond motifs is 2. The molecule has 15 nitrogen and oxygen atoms in total. The highest BCUT2D eigenvalue weighted by Gasteiger charge is 2.32. The maximum atomic E-state index is 13.0. The van der Waals surface area contributed by atoms with Crippen LogP contribution in [0, 0.1) is 13.8 Å². The molecule has 0 atom stereocenters. The summed E-state index contributed by atoms with van der Waals surface area (Å²) < 4.78 is 79.5. The van der Waals surface area contributed by atoms with E-state index >= 15 is 0 Å². The van der Waals surface area contributed by atoms with Crippen LogP contribution in [0.1, 0.15) is 115 Å². The molecule has 0 spiro atoms. The first-order valence-electron chi connectivity index (χ1n) is 23.1. The van der Waals surface area contributed by atoms with E-state index in [0.29, 0.717) is 47.9 Å². The van der Waals surface area contributed by atoms with Crippen molar-refractivity contribution in [3.63, 3.8) is 0 Å². The van der Waals surface area contributed by atoms with E-state index < -0.39 is 42.7 Å². The fraction of sp³-hybridized carbons (Fsp3) is 0.364. The largest absolute Gasteiger partial charge is 0.461 e. The fourth-order valence-electron chi connectivity index (χ4n) is 7.62. The Hall–Kier alpha value is -6.21. The van der Waals surface area contributed by atoms with E-state index in [1.54, 1.807) is 48.7 Å². The molecule has 6 aromatic rings. The van der Waals surface area contributed by atoms with E-state index in [1.165, 1.54) is 0 Å². The van der Waals surface area contributed by atoms with Crippen LogP contribution in [-0.2, 0) is 49.3 Å². The molecular weight excluding hydrogens is 953 g/mol. The number of nitrogen functional groups attached to an aromatic ring is 1. The van der Waals surface area contributed by atoms with Gasteiger partial charge in [0.1, 0.15) is 5.75 Å². The van der Waals surface area contributed by atoms with Crippen molar-refractivity contribution < 1.29 is 40.6 Å². The minimum atomic E-state index is -3.67. The quantitative estimate of drug-likeness (QED) is 0.0744. The van der Waals surface area contributed by atoms with Crippen molar-refractivity contribution in [2.75, 3.05) is 11.1 Å². The van der Waals surface area contributed by atoms with Crippen LogP contribution >= 0.6 is 0 Å². The predicted octanol–water partition coefficient (Wildman–Crippen LogP) is 10.9. The zero-order valence-corrected chi connectivity index (χ0v) is 44.2. The summed E-state index contributed by atoms with van der Waals surface area (Å²) in [7, 11) is -7.26. The second-order valence-corrected chi connectivity index (χ2v) is 23.5. The normalized spacial score (nSPS) is 14.7. The smallest absolute Gasteiger partial charge is 0.241 e. The predicted molar refractivity (Wildman–Crippen MR) is 285 cm³/mol. The van der Waals surface area contributed by atoms with Crippen molar-refractivity contribution in [2.45, 2.75) is 143 Å². The van der Waals surface area contributed by atoms with E-state index in [0.717, 1.165) is 56.9 Å². The molecule has 2 aliphatic rings.